The molecule has 138 valence electrons. The minimum absolute atomic E-state index is 0.0511. The molecule has 2 heterocycles. The van der Waals surface area contributed by atoms with Gasteiger partial charge < -0.3 is 14.7 Å². The van der Waals surface area contributed by atoms with Crippen molar-refractivity contribution in [2.75, 3.05) is 40.3 Å². The average molecular weight is 347 g/mol. The number of carbonyl (C=O) groups excluding carboxylic acids is 1. The van der Waals surface area contributed by atoms with Crippen molar-refractivity contribution in [2.24, 2.45) is 0 Å². The molecule has 0 spiro atoms. The number of nitrogens with zero attached hydrogens (tertiary/aromatic N) is 3. The van der Waals surface area contributed by atoms with Crippen molar-refractivity contribution in [1.29, 1.82) is 0 Å². The first-order valence-corrected chi connectivity index (χ1v) is 9.21. The highest BCUT2D eigenvalue weighted by atomic mass is 16.5. The molecule has 6 nitrogen and oxygen atoms in total. The Morgan fingerprint density at radius 3 is 2.76 bits per heavy atom. The Bertz CT molecular complexity index is 582. The maximum atomic E-state index is 12.0. The average Bonchev–Trinajstić information content (AvgIpc) is 2.61. The molecule has 2 fully saturated rings. The molecule has 25 heavy (non-hydrogen) atoms. The first kappa shape index (κ1) is 18.3. The van der Waals surface area contributed by atoms with E-state index in [9.17, 15) is 9.90 Å². The SMILES string of the molecule is CN(C)C(=O)c1ccc(C2CN(CC3(O)CCCCC3)CCO2)nc1. The highest BCUT2D eigenvalue weighted by molar-refractivity contribution is 5.93. The van der Waals surface area contributed by atoms with E-state index in [4.69, 9.17) is 4.74 Å². The Kier molecular flexibility index (Phi) is 5.71. The number of ether oxygens (including phenoxy) is 1. The van der Waals surface area contributed by atoms with Crippen LogP contribution in [0.3, 0.4) is 0 Å². The lowest BCUT2D eigenvalue weighted by Gasteiger charge is -2.40. The summed E-state index contributed by atoms with van der Waals surface area (Å²) in [6.07, 6.45) is 6.78. The normalized spacial score (nSPS) is 24.0. The summed E-state index contributed by atoms with van der Waals surface area (Å²) >= 11 is 0. The van der Waals surface area contributed by atoms with E-state index in [1.54, 1.807) is 25.2 Å². The third-order valence-corrected chi connectivity index (χ3v) is 5.22. The molecule has 1 aromatic rings. The van der Waals surface area contributed by atoms with E-state index in [-0.39, 0.29) is 12.0 Å². The molecule has 1 unspecified atom stereocenters. The highest BCUT2D eigenvalue weighted by Gasteiger charge is 2.33. The van der Waals surface area contributed by atoms with Crippen LogP contribution in [0.15, 0.2) is 18.3 Å². The number of carbonyl (C=O) groups is 1. The molecule has 1 amide bonds. The number of rotatable bonds is 4. The van der Waals surface area contributed by atoms with E-state index < -0.39 is 5.60 Å². The Hall–Kier alpha value is -1.50. The van der Waals surface area contributed by atoms with Crippen molar-refractivity contribution in [3.8, 4) is 0 Å². The molecular formula is C19H29N3O3. The van der Waals surface area contributed by atoms with Crippen LogP contribution in [0, 0.1) is 0 Å². The number of aliphatic hydroxyl groups is 1. The zero-order chi connectivity index (χ0) is 17.9. The molecule has 1 aliphatic carbocycles. The predicted molar refractivity (Wildman–Crippen MR) is 95.4 cm³/mol. The Morgan fingerprint density at radius 1 is 1.36 bits per heavy atom. The van der Waals surface area contributed by atoms with Crippen molar-refractivity contribution < 1.29 is 14.6 Å². The summed E-state index contributed by atoms with van der Waals surface area (Å²) < 4.78 is 5.88. The number of hydrogen-bond donors (Lipinski definition) is 1. The van der Waals surface area contributed by atoms with E-state index >= 15 is 0 Å². The van der Waals surface area contributed by atoms with Crippen LogP contribution in [0.2, 0.25) is 0 Å². The van der Waals surface area contributed by atoms with Crippen LogP contribution in [0.1, 0.15) is 54.3 Å². The molecule has 0 radical (unpaired) electrons. The Morgan fingerprint density at radius 2 is 2.12 bits per heavy atom. The van der Waals surface area contributed by atoms with Gasteiger partial charge in [0, 0.05) is 39.9 Å². The van der Waals surface area contributed by atoms with Gasteiger partial charge in [0.25, 0.3) is 5.91 Å². The number of amides is 1. The minimum atomic E-state index is -0.546. The van der Waals surface area contributed by atoms with Crippen LogP contribution >= 0.6 is 0 Å². The fourth-order valence-electron chi connectivity index (χ4n) is 3.79. The molecule has 1 saturated carbocycles. The summed E-state index contributed by atoms with van der Waals surface area (Å²) in [5, 5.41) is 10.8. The van der Waals surface area contributed by atoms with Crippen molar-refractivity contribution in [2.45, 2.75) is 43.8 Å². The Balaban J connectivity index is 1.62. The standard InChI is InChI=1S/C19H29N3O3/c1-21(2)18(23)15-6-7-16(20-12-15)17-13-22(10-11-25-17)14-19(24)8-4-3-5-9-19/h6-7,12,17,24H,3-5,8-11,13-14H2,1-2H3. The second-order valence-electron chi connectivity index (χ2n) is 7.55. The van der Waals surface area contributed by atoms with Crippen LogP contribution in [-0.2, 0) is 4.74 Å². The van der Waals surface area contributed by atoms with Crippen molar-refractivity contribution in [1.82, 2.24) is 14.8 Å². The predicted octanol–water partition coefficient (Wildman–Crippen LogP) is 1.85. The molecule has 1 atom stereocenters. The van der Waals surface area contributed by atoms with Crippen molar-refractivity contribution >= 4 is 5.91 Å². The number of β-amino-alcohol motifs (C(OH)–C–C–N with tert-alkyl or cyclic N) is 1. The van der Waals surface area contributed by atoms with E-state index in [1.165, 1.54) is 6.42 Å². The summed E-state index contributed by atoms with van der Waals surface area (Å²) in [4.78, 5) is 20.2. The first-order valence-electron chi connectivity index (χ1n) is 9.21. The molecule has 3 rings (SSSR count). The number of hydrogen-bond acceptors (Lipinski definition) is 5. The van der Waals surface area contributed by atoms with Gasteiger partial charge in [0.2, 0.25) is 0 Å². The zero-order valence-corrected chi connectivity index (χ0v) is 15.3. The molecule has 6 heteroatoms. The number of pyridine rings is 1. The monoisotopic (exact) mass is 347 g/mol. The van der Waals surface area contributed by atoms with Crippen LogP contribution in [0.25, 0.3) is 0 Å². The second-order valence-corrected chi connectivity index (χ2v) is 7.55. The lowest BCUT2D eigenvalue weighted by Crippen LogP contribution is -2.49. The van der Waals surface area contributed by atoms with Gasteiger partial charge in [0.15, 0.2) is 0 Å². The van der Waals surface area contributed by atoms with Gasteiger partial charge in [-0.15, -0.1) is 0 Å². The lowest BCUT2D eigenvalue weighted by molar-refractivity contribution is -0.0776. The van der Waals surface area contributed by atoms with E-state index in [0.717, 1.165) is 44.5 Å². The highest BCUT2D eigenvalue weighted by Crippen LogP contribution is 2.30. The topological polar surface area (TPSA) is 65.9 Å². The van der Waals surface area contributed by atoms with Crippen LogP contribution in [0.5, 0.6) is 0 Å². The smallest absolute Gasteiger partial charge is 0.254 e. The lowest BCUT2D eigenvalue weighted by atomic mass is 9.84. The molecule has 0 aromatic carbocycles. The van der Waals surface area contributed by atoms with Crippen LogP contribution in [-0.4, -0.2) is 71.7 Å². The van der Waals surface area contributed by atoms with Gasteiger partial charge in [0.05, 0.1) is 23.5 Å². The number of morpholine rings is 1. The third kappa shape index (κ3) is 4.57. The first-order chi connectivity index (χ1) is 12.0. The summed E-state index contributed by atoms with van der Waals surface area (Å²) in [5.74, 6) is -0.0511. The quantitative estimate of drug-likeness (QED) is 0.900. The third-order valence-electron chi connectivity index (χ3n) is 5.22. The summed E-state index contributed by atoms with van der Waals surface area (Å²) in [6, 6.07) is 3.68. The summed E-state index contributed by atoms with van der Waals surface area (Å²) in [6.45, 7) is 2.93. The van der Waals surface area contributed by atoms with E-state index in [0.29, 0.717) is 18.7 Å². The second kappa shape index (κ2) is 7.81. The largest absolute Gasteiger partial charge is 0.389 e. The van der Waals surface area contributed by atoms with Crippen LogP contribution in [0.4, 0.5) is 0 Å². The van der Waals surface area contributed by atoms with Gasteiger partial charge in [0.1, 0.15) is 6.10 Å². The fraction of sp³-hybridized carbons (Fsp3) is 0.684. The Labute approximate surface area is 149 Å². The molecule has 0 bridgehead atoms. The minimum Gasteiger partial charge on any atom is -0.389 e. The molecule has 1 saturated heterocycles. The van der Waals surface area contributed by atoms with Gasteiger partial charge in [-0.1, -0.05) is 19.3 Å². The van der Waals surface area contributed by atoms with Gasteiger partial charge in [-0.25, -0.2) is 0 Å². The van der Waals surface area contributed by atoms with E-state index in [1.807, 2.05) is 12.1 Å². The molecule has 2 aliphatic rings. The van der Waals surface area contributed by atoms with Crippen molar-refractivity contribution in [3.05, 3.63) is 29.6 Å². The molecule has 1 aliphatic heterocycles. The maximum absolute atomic E-state index is 12.0. The van der Waals surface area contributed by atoms with Gasteiger partial charge in [-0.3, -0.25) is 14.7 Å². The van der Waals surface area contributed by atoms with E-state index in [2.05, 4.69) is 9.88 Å². The maximum Gasteiger partial charge on any atom is 0.254 e. The molecule has 1 aromatic heterocycles. The fourth-order valence-corrected chi connectivity index (χ4v) is 3.79. The van der Waals surface area contributed by atoms with Crippen LogP contribution < -0.4 is 0 Å². The number of aromatic nitrogens is 1. The summed E-state index contributed by atoms with van der Waals surface area (Å²) in [5.41, 5.74) is 0.879. The van der Waals surface area contributed by atoms with Gasteiger partial charge in [-0.05, 0) is 25.0 Å². The summed E-state index contributed by atoms with van der Waals surface area (Å²) in [7, 11) is 3.46. The zero-order valence-electron chi connectivity index (χ0n) is 15.3. The molecule has 1 N–H and O–H groups in total. The van der Waals surface area contributed by atoms with Gasteiger partial charge in [-0.2, -0.15) is 0 Å². The molecular weight excluding hydrogens is 318 g/mol. The van der Waals surface area contributed by atoms with Crippen molar-refractivity contribution in [3.63, 3.8) is 0 Å². The van der Waals surface area contributed by atoms with Gasteiger partial charge >= 0.3 is 0 Å².